The lowest BCUT2D eigenvalue weighted by Gasteiger charge is -2.46. The van der Waals surface area contributed by atoms with Gasteiger partial charge in [0.05, 0.1) is 12.0 Å². The Morgan fingerprint density at radius 1 is 1.50 bits per heavy atom. The number of carbonyl (C=O) groups is 1. The lowest BCUT2D eigenvalue weighted by atomic mass is 9.80. The summed E-state index contributed by atoms with van der Waals surface area (Å²) in [4.78, 5) is 12.5. The number of hydrogen-bond donors (Lipinski definition) is 2. The molecule has 0 aromatic heterocycles. The lowest BCUT2D eigenvalue weighted by Crippen LogP contribution is -2.62. The summed E-state index contributed by atoms with van der Waals surface area (Å²) >= 11 is 0. The second-order valence-corrected chi connectivity index (χ2v) is 4.45. The van der Waals surface area contributed by atoms with Crippen LogP contribution in [0.2, 0.25) is 0 Å². The smallest absolute Gasteiger partial charge is 0.409 e. The van der Waals surface area contributed by atoms with Gasteiger partial charge < -0.3 is 10.8 Å². The van der Waals surface area contributed by atoms with Gasteiger partial charge in [-0.3, -0.25) is 4.90 Å². The molecular formula is C13H15N3O2. The summed E-state index contributed by atoms with van der Waals surface area (Å²) in [6.45, 7) is 0.360. The maximum absolute atomic E-state index is 11.3. The highest BCUT2D eigenvalue weighted by molar-refractivity contribution is 5.67. The average Bonchev–Trinajstić information content (AvgIpc) is 2.39. The first-order valence-corrected chi connectivity index (χ1v) is 5.85. The molecule has 2 atom stereocenters. The number of amides is 1. The molecule has 0 spiro atoms. The van der Waals surface area contributed by atoms with E-state index in [1.165, 1.54) is 4.90 Å². The minimum absolute atomic E-state index is 0.360. The molecular weight excluding hydrogens is 230 g/mol. The average molecular weight is 245 g/mol. The summed E-state index contributed by atoms with van der Waals surface area (Å²) in [6.07, 6.45) is 0.198. The summed E-state index contributed by atoms with van der Waals surface area (Å²) in [6, 6.07) is 11.1. The third kappa shape index (κ3) is 1.81. The van der Waals surface area contributed by atoms with Gasteiger partial charge in [0, 0.05) is 6.54 Å². The van der Waals surface area contributed by atoms with E-state index in [9.17, 15) is 15.2 Å². The third-order valence-electron chi connectivity index (χ3n) is 3.48. The molecule has 3 N–H and O–H groups in total. The van der Waals surface area contributed by atoms with Gasteiger partial charge in [0.25, 0.3) is 0 Å². The molecule has 2 unspecified atom stereocenters. The summed E-state index contributed by atoms with van der Waals surface area (Å²) in [5.74, 6) is -0.523. The molecule has 2 rings (SSSR count). The van der Waals surface area contributed by atoms with Crippen molar-refractivity contribution in [3.05, 3.63) is 35.9 Å². The Bertz CT molecular complexity index is 483. The fourth-order valence-corrected chi connectivity index (χ4v) is 2.53. The van der Waals surface area contributed by atoms with Crippen molar-refractivity contribution in [2.45, 2.75) is 18.5 Å². The highest BCUT2D eigenvalue weighted by Crippen LogP contribution is 2.37. The van der Waals surface area contributed by atoms with Crippen LogP contribution in [0, 0.1) is 17.2 Å². The molecule has 0 bridgehead atoms. The maximum Gasteiger partial charge on any atom is 0.409 e. The predicted octanol–water partition coefficient (Wildman–Crippen LogP) is 1.71. The summed E-state index contributed by atoms with van der Waals surface area (Å²) in [7, 11) is 0. The van der Waals surface area contributed by atoms with Crippen LogP contribution in [0.25, 0.3) is 0 Å². The van der Waals surface area contributed by atoms with Crippen LogP contribution in [-0.2, 0) is 5.66 Å². The summed E-state index contributed by atoms with van der Waals surface area (Å²) in [5.41, 5.74) is 5.72. The van der Waals surface area contributed by atoms with E-state index in [2.05, 4.69) is 6.07 Å². The zero-order valence-corrected chi connectivity index (χ0v) is 9.91. The molecule has 1 aromatic rings. The molecule has 18 heavy (non-hydrogen) atoms. The third-order valence-corrected chi connectivity index (χ3v) is 3.48. The molecule has 1 heterocycles. The standard InChI is InChI=1S/C13H15N3O2/c14-9-11-7-4-8-16(12(17)18)13(11,15)10-5-2-1-3-6-10/h1-3,5-6,11H,4,7-8,15H2,(H,17,18). The van der Waals surface area contributed by atoms with E-state index in [1.54, 1.807) is 24.3 Å². The minimum Gasteiger partial charge on any atom is -0.465 e. The van der Waals surface area contributed by atoms with Gasteiger partial charge in [-0.1, -0.05) is 30.3 Å². The fourth-order valence-electron chi connectivity index (χ4n) is 2.53. The van der Waals surface area contributed by atoms with Gasteiger partial charge >= 0.3 is 6.09 Å². The summed E-state index contributed by atoms with van der Waals surface area (Å²) < 4.78 is 0. The summed E-state index contributed by atoms with van der Waals surface area (Å²) in [5, 5.41) is 18.5. The molecule has 1 aliphatic rings. The van der Waals surface area contributed by atoms with E-state index >= 15 is 0 Å². The number of hydrogen-bond acceptors (Lipinski definition) is 3. The van der Waals surface area contributed by atoms with Crippen LogP contribution in [0.5, 0.6) is 0 Å². The number of benzene rings is 1. The van der Waals surface area contributed by atoms with E-state index in [0.717, 1.165) is 0 Å². The van der Waals surface area contributed by atoms with Crippen molar-refractivity contribution >= 4 is 6.09 Å². The van der Waals surface area contributed by atoms with E-state index in [4.69, 9.17) is 5.73 Å². The van der Waals surface area contributed by atoms with Crippen LogP contribution in [0.1, 0.15) is 18.4 Å². The van der Waals surface area contributed by atoms with E-state index < -0.39 is 17.7 Å². The van der Waals surface area contributed by atoms with Crippen molar-refractivity contribution in [2.24, 2.45) is 11.7 Å². The van der Waals surface area contributed by atoms with Gasteiger partial charge in [-0.2, -0.15) is 5.26 Å². The Morgan fingerprint density at radius 3 is 2.72 bits per heavy atom. The van der Waals surface area contributed by atoms with E-state index in [1.807, 2.05) is 6.07 Å². The van der Waals surface area contributed by atoms with Crippen molar-refractivity contribution in [2.75, 3.05) is 6.54 Å². The number of carboxylic acid groups (broad SMARTS) is 1. The lowest BCUT2D eigenvalue weighted by molar-refractivity contribution is 0.0239. The monoisotopic (exact) mass is 245 g/mol. The Morgan fingerprint density at radius 2 is 2.17 bits per heavy atom. The van der Waals surface area contributed by atoms with Crippen molar-refractivity contribution in [3.8, 4) is 6.07 Å². The number of rotatable bonds is 1. The number of nitrogens with zero attached hydrogens (tertiary/aromatic N) is 2. The normalized spacial score (nSPS) is 27.6. The quantitative estimate of drug-likeness (QED) is 0.788. The highest BCUT2D eigenvalue weighted by atomic mass is 16.4. The molecule has 1 saturated heterocycles. The Balaban J connectivity index is 2.51. The molecule has 1 amide bonds. The molecule has 1 aliphatic heterocycles. The van der Waals surface area contributed by atoms with Crippen LogP contribution in [0.3, 0.4) is 0 Å². The second-order valence-electron chi connectivity index (χ2n) is 4.45. The first-order valence-electron chi connectivity index (χ1n) is 5.85. The minimum atomic E-state index is -1.25. The van der Waals surface area contributed by atoms with Gasteiger partial charge in [-0.15, -0.1) is 0 Å². The molecule has 94 valence electrons. The number of piperidine rings is 1. The van der Waals surface area contributed by atoms with Crippen molar-refractivity contribution in [3.63, 3.8) is 0 Å². The van der Waals surface area contributed by atoms with Crippen LogP contribution < -0.4 is 5.73 Å². The van der Waals surface area contributed by atoms with Crippen LogP contribution >= 0.6 is 0 Å². The van der Waals surface area contributed by atoms with Gasteiger partial charge in [0.15, 0.2) is 0 Å². The number of likely N-dealkylation sites (tertiary alicyclic amines) is 1. The van der Waals surface area contributed by atoms with Crippen molar-refractivity contribution < 1.29 is 9.90 Å². The fraction of sp³-hybridized carbons (Fsp3) is 0.385. The van der Waals surface area contributed by atoms with E-state index in [-0.39, 0.29) is 0 Å². The Kier molecular flexibility index (Phi) is 3.21. The number of nitrogens with two attached hydrogens (primary N) is 1. The maximum atomic E-state index is 11.3. The zero-order valence-electron chi connectivity index (χ0n) is 9.91. The Labute approximate surface area is 105 Å². The van der Waals surface area contributed by atoms with Gasteiger partial charge in [-0.05, 0) is 18.4 Å². The van der Waals surface area contributed by atoms with Crippen LogP contribution in [0.4, 0.5) is 4.79 Å². The second kappa shape index (κ2) is 4.67. The topological polar surface area (TPSA) is 90.3 Å². The molecule has 1 fully saturated rings. The molecule has 0 radical (unpaired) electrons. The van der Waals surface area contributed by atoms with Crippen molar-refractivity contribution in [1.29, 1.82) is 5.26 Å². The van der Waals surface area contributed by atoms with Gasteiger partial charge in [0.2, 0.25) is 0 Å². The van der Waals surface area contributed by atoms with Crippen LogP contribution in [0.15, 0.2) is 30.3 Å². The molecule has 0 aliphatic carbocycles. The molecule has 5 heteroatoms. The predicted molar refractivity (Wildman–Crippen MR) is 65.4 cm³/mol. The van der Waals surface area contributed by atoms with Crippen LogP contribution in [-0.4, -0.2) is 22.6 Å². The van der Waals surface area contributed by atoms with Gasteiger partial charge in [-0.25, -0.2) is 4.79 Å². The molecule has 1 aromatic carbocycles. The number of nitriles is 1. The largest absolute Gasteiger partial charge is 0.465 e. The van der Waals surface area contributed by atoms with E-state index in [0.29, 0.717) is 24.9 Å². The first kappa shape index (κ1) is 12.4. The molecule has 5 nitrogen and oxygen atoms in total. The first-order chi connectivity index (χ1) is 8.60. The van der Waals surface area contributed by atoms with Crippen molar-refractivity contribution in [1.82, 2.24) is 4.90 Å². The Hall–Kier alpha value is -2.06. The van der Waals surface area contributed by atoms with Gasteiger partial charge in [0.1, 0.15) is 5.66 Å². The zero-order chi connectivity index (χ0) is 13.2. The SMILES string of the molecule is N#CC1CCCN(C(=O)O)C1(N)c1ccccc1. The highest BCUT2D eigenvalue weighted by Gasteiger charge is 2.47. The molecule has 0 saturated carbocycles.